The molecule has 0 saturated heterocycles. The van der Waals surface area contributed by atoms with Crippen molar-refractivity contribution in [2.24, 2.45) is 0 Å². The minimum Gasteiger partial charge on any atom is -0.353 e. The Balaban J connectivity index is 1.71. The summed E-state index contributed by atoms with van der Waals surface area (Å²) in [6.07, 6.45) is 7.16. The molecule has 0 aliphatic rings. The molecular weight excluding hydrogens is 300 g/mol. The van der Waals surface area contributed by atoms with E-state index >= 15 is 0 Å². The van der Waals surface area contributed by atoms with Crippen LogP contribution in [0, 0.1) is 0 Å². The summed E-state index contributed by atoms with van der Waals surface area (Å²) in [5.41, 5.74) is 6.32. The number of nitrogens with zero attached hydrogens (tertiary/aromatic N) is 4. The Labute approximate surface area is 136 Å². The zero-order chi connectivity index (χ0) is 15.9. The van der Waals surface area contributed by atoms with Gasteiger partial charge in [0, 0.05) is 41.3 Å². The van der Waals surface area contributed by atoms with Crippen LogP contribution in [0.1, 0.15) is 0 Å². The van der Waals surface area contributed by atoms with Gasteiger partial charge in [0.15, 0.2) is 0 Å². The maximum absolute atomic E-state index is 4.78. The Morgan fingerprint density at radius 2 is 1.83 bits per heavy atom. The summed E-state index contributed by atoms with van der Waals surface area (Å²) < 4.78 is 0. The van der Waals surface area contributed by atoms with E-state index in [1.807, 2.05) is 48.8 Å². The number of nitrogens with one attached hydrogen (secondary N) is 2. The molecule has 0 fully saturated rings. The third kappa shape index (κ3) is 1.97. The largest absolute Gasteiger partial charge is 0.353 e. The van der Waals surface area contributed by atoms with Gasteiger partial charge in [-0.25, -0.2) is 4.98 Å². The highest BCUT2D eigenvalue weighted by Gasteiger charge is 2.13. The first-order chi connectivity index (χ1) is 11.9. The fourth-order valence-electron chi connectivity index (χ4n) is 2.86. The highest BCUT2D eigenvalue weighted by molar-refractivity contribution is 5.94. The molecule has 114 valence electrons. The lowest BCUT2D eigenvalue weighted by atomic mass is 10.1. The third-order valence-electron chi connectivity index (χ3n) is 4.04. The van der Waals surface area contributed by atoms with Gasteiger partial charge in [0.1, 0.15) is 11.2 Å². The standard InChI is InChI=1S/C18H12N6/c1-2-11(9-19-6-1)13-3-4-15-17(22-13)18(24-23-15)16-8-12-10-20-7-5-14(12)21-16/h1-10,21H,(H,23,24). The molecule has 5 aromatic rings. The molecule has 0 aromatic carbocycles. The van der Waals surface area contributed by atoms with Gasteiger partial charge in [0.05, 0.1) is 16.9 Å². The van der Waals surface area contributed by atoms with Crippen molar-refractivity contribution < 1.29 is 0 Å². The zero-order valence-electron chi connectivity index (χ0n) is 12.6. The normalized spacial score (nSPS) is 11.3. The average Bonchev–Trinajstić information content (AvgIpc) is 3.25. The van der Waals surface area contributed by atoms with E-state index in [2.05, 4.69) is 25.1 Å². The van der Waals surface area contributed by atoms with Crippen LogP contribution in [0.5, 0.6) is 0 Å². The molecule has 0 atom stereocenters. The van der Waals surface area contributed by atoms with E-state index in [1.165, 1.54) is 0 Å². The van der Waals surface area contributed by atoms with Crippen LogP contribution < -0.4 is 0 Å². The molecule has 0 aliphatic heterocycles. The number of rotatable bonds is 2. The van der Waals surface area contributed by atoms with Gasteiger partial charge in [-0.3, -0.25) is 15.1 Å². The van der Waals surface area contributed by atoms with Gasteiger partial charge in [0.25, 0.3) is 0 Å². The van der Waals surface area contributed by atoms with Gasteiger partial charge < -0.3 is 4.98 Å². The number of aromatic nitrogens is 6. The summed E-state index contributed by atoms with van der Waals surface area (Å²) in [5, 5.41) is 8.53. The van der Waals surface area contributed by atoms with E-state index in [9.17, 15) is 0 Å². The first-order valence-corrected chi connectivity index (χ1v) is 7.57. The minimum absolute atomic E-state index is 0.798. The van der Waals surface area contributed by atoms with Crippen LogP contribution in [0.25, 0.3) is 44.6 Å². The number of fused-ring (bicyclic) bond motifs is 2. The first kappa shape index (κ1) is 13.0. The van der Waals surface area contributed by atoms with Crippen LogP contribution in [0.2, 0.25) is 0 Å². The summed E-state index contributed by atoms with van der Waals surface area (Å²) in [4.78, 5) is 16.5. The zero-order valence-corrected chi connectivity index (χ0v) is 12.6. The quantitative estimate of drug-likeness (QED) is 0.522. The number of pyridine rings is 3. The van der Waals surface area contributed by atoms with Crippen LogP contribution in [-0.4, -0.2) is 30.1 Å². The minimum atomic E-state index is 0.798. The number of H-pyrrole nitrogens is 2. The molecule has 0 amide bonds. The lowest BCUT2D eigenvalue weighted by molar-refractivity contribution is 1.12. The number of hydrogen-bond acceptors (Lipinski definition) is 4. The van der Waals surface area contributed by atoms with Crippen molar-refractivity contribution in [3.05, 3.63) is 61.2 Å². The number of aromatic amines is 2. The van der Waals surface area contributed by atoms with E-state index in [0.717, 1.165) is 44.6 Å². The molecular formula is C18H12N6. The first-order valence-electron chi connectivity index (χ1n) is 7.57. The monoisotopic (exact) mass is 312 g/mol. The van der Waals surface area contributed by atoms with Crippen molar-refractivity contribution in [3.8, 4) is 22.6 Å². The predicted octanol–water partition coefficient (Wildman–Crippen LogP) is 3.56. The lowest BCUT2D eigenvalue weighted by Gasteiger charge is -2.00. The molecule has 5 rings (SSSR count). The van der Waals surface area contributed by atoms with E-state index in [-0.39, 0.29) is 0 Å². The maximum atomic E-state index is 4.78. The highest BCUT2D eigenvalue weighted by Crippen LogP contribution is 2.28. The molecule has 24 heavy (non-hydrogen) atoms. The van der Waals surface area contributed by atoms with Gasteiger partial charge in [-0.15, -0.1) is 0 Å². The molecule has 0 spiro atoms. The molecule has 5 heterocycles. The molecule has 0 unspecified atom stereocenters. The van der Waals surface area contributed by atoms with Crippen molar-refractivity contribution >= 4 is 21.9 Å². The van der Waals surface area contributed by atoms with E-state index in [4.69, 9.17) is 4.98 Å². The Kier molecular flexibility index (Phi) is 2.69. The predicted molar refractivity (Wildman–Crippen MR) is 92.2 cm³/mol. The average molecular weight is 312 g/mol. The smallest absolute Gasteiger partial charge is 0.135 e. The van der Waals surface area contributed by atoms with Crippen LogP contribution in [0.15, 0.2) is 61.2 Å². The lowest BCUT2D eigenvalue weighted by Crippen LogP contribution is -1.86. The second kappa shape index (κ2) is 4.99. The highest BCUT2D eigenvalue weighted by atomic mass is 15.1. The van der Waals surface area contributed by atoms with Gasteiger partial charge in [-0.2, -0.15) is 5.10 Å². The topological polar surface area (TPSA) is 83.1 Å². The van der Waals surface area contributed by atoms with E-state index in [0.29, 0.717) is 0 Å². The summed E-state index contributed by atoms with van der Waals surface area (Å²) in [5.74, 6) is 0. The second-order valence-corrected chi connectivity index (χ2v) is 5.55. The molecule has 5 aromatic heterocycles. The van der Waals surface area contributed by atoms with Gasteiger partial charge in [-0.05, 0) is 36.4 Å². The maximum Gasteiger partial charge on any atom is 0.135 e. The Morgan fingerprint density at radius 1 is 0.875 bits per heavy atom. The molecule has 2 N–H and O–H groups in total. The van der Waals surface area contributed by atoms with Crippen LogP contribution in [0.3, 0.4) is 0 Å². The summed E-state index contributed by atoms with van der Waals surface area (Å²) >= 11 is 0. The fraction of sp³-hybridized carbons (Fsp3) is 0. The Hall–Kier alpha value is -3.54. The van der Waals surface area contributed by atoms with Gasteiger partial charge in [0.2, 0.25) is 0 Å². The summed E-state index contributed by atoms with van der Waals surface area (Å²) in [6.45, 7) is 0. The van der Waals surface area contributed by atoms with Crippen LogP contribution in [-0.2, 0) is 0 Å². The molecule has 6 heteroatoms. The van der Waals surface area contributed by atoms with Crippen molar-refractivity contribution in [1.82, 2.24) is 30.1 Å². The van der Waals surface area contributed by atoms with Crippen molar-refractivity contribution in [2.75, 3.05) is 0 Å². The fourth-order valence-corrected chi connectivity index (χ4v) is 2.86. The molecule has 0 bridgehead atoms. The van der Waals surface area contributed by atoms with Crippen LogP contribution >= 0.6 is 0 Å². The summed E-state index contributed by atoms with van der Waals surface area (Å²) in [6, 6.07) is 11.8. The Bertz CT molecular complexity index is 1120. The summed E-state index contributed by atoms with van der Waals surface area (Å²) in [7, 11) is 0. The third-order valence-corrected chi connectivity index (χ3v) is 4.04. The van der Waals surface area contributed by atoms with Crippen LogP contribution in [0.4, 0.5) is 0 Å². The molecule has 0 radical (unpaired) electrons. The second-order valence-electron chi connectivity index (χ2n) is 5.55. The molecule has 0 saturated carbocycles. The van der Waals surface area contributed by atoms with Gasteiger partial charge >= 0.3 is 0 Å². The van der Waals surface area contributed by atoms with Crippen molar-refractivity contribution in [3.63, 3.8) is 0 Å². The van der Waals surface area contributed by atoms with E-state index < -0.39 is 0 Å². The van der Waals surface area contributed by atoms with Gasteiger partial charge in [-0.1, -0.05) is 0 Å². The van der Waals surface area contributed by atoms with Crippen molar-refractivity contribution in [1.29, 1.82) is 0 Å². The SMILES string of the molecule is c1cncc(-c2ccc3[nH]nc(-c4cc5cnccc5[nH]4)c3n2)c1. The number of hydrogen-bond donors (Lipinski definition) is 2. The molecule has 6 nitrogen and oxygen atoms in total. The molecule has 0 aliphatic carbocycles. The van der Waals surface area contributed by atoms with Crippen molar-refractivity contribution in [2.45, 2.75) is 0 Å². The van der Waals surface area contributed by atoms with E-state index in [1.54, 1.807) is 12.4 Å². The Morgan fingerprint density at radius 3 is 2.71 bits per heavy atom.